The third-order valence-electron chi connectivity index (χ3n) is 3.06. The van der Waals surface area contributed by atoms with E-state index in [4.69, 9.17) is 0 Å². The monoisotopic (exact) mass is 233 g/mol. The molecule has 0 amide bonds. The van der Waals surface area contributed by atoms with Crippen molar-refractivity contribution in [3.63, 3.8) is 0 Å². The van der Waals surface area contributed by atoms with E-state index in [1.54, 1.807) is 7.05 Å². The second kappa shape index (κ2) is 7.23. The molecular formula is C15H23NO. The van der Waals surface area contributed by atoms with Crippen LogP contribution < -0.4 is 0 Å². The van der Waals surface area contributed by atoms with Crippen LogP contribution in [0.5, 0.6) is 0 Å². The van der Waals surface area contributed by atoms with E-state index in [1.807, 2.05) is 18.2 Å². The van der Waals surface area contributed by atoms with Gasteiger partial charge in [-0.25, -0.2) is 0 Å². The number of aryl methyl sites for hydroxylation is 1. The summed E-state index contributed by atoms with van der Waals surface area (Å²) >= 11 is 0. The smallest absolute Gasteiger partial charge is 0.0961 e. The van der Waals surface area contributed by atoms with Crippen molar-refractivity contribution in [2.45, 2.75) is 45.6 Å². The molecule has 17 heavy (non-hydrogen) atoms. The molecule has 1 aromatic carbocycles. The molecule has 0 bridgehead atoms. The zero-order valence-electron chi connectivity index (χ0n) is 11.1. The van der Waals surface area contributed by atoms with E-state index < -0.39 is 6.10 Å². The van der Waals surface area contributed by atoms with Crippen LogP contribution in [-0.4, -0.2) is 24.0 Å². The lowest BCUT2D eigenvalue weighted by Gasteiger charge is -2.15. The Balaban J connectivity index is 2.75. The van der Waals surface area contributed by atoms with Crippen molar-refractivity contribution in [3.05, 3.63) is 35.4 Å². The van der Waals surface area contributed by atoms with E-state index in [2.05, 4.69) is 24.9 Å². The average Bonchev–Trinajstić information content (AvgIpc) is 2.33. The molecule has 0 spiro atoms. The second-order valence-corrected chi connectivity index (χ2v) is 4.44. The molecule has 2 heteroatoms. The van der Waals surface area contributed by atoms with Gasteiger partial charge >= 0.3 is 0 Å². The van der Waals surface area contributed by atoms with Gasteiger partial charge in [-0.3, -0.25) is 4.99 Å². The number of aliphatic hydroxyl groups excluding tert-OH is 1. The van der Waals surface area contributed by atoms with Gasteiger partial charge in [0.15, 0.2) is 0 Å². The zero-order valence-corrected chi connectivity index (χ0v) is 11.1. The third kappa shape index (κ3) is 3.97. The van der Waals surface area contributed by atoms with Crippen LogP contribution in [0.3, 0.4) is 0 Å². The van der Waals surface area contributed by atoms with Crippen LogP contribution >= 0.6 is 0 Å². The molecule has 0 aliphatic heterocycles. The summed E-state index contributed by atoms with van der Waals surface area (Å²) < 4.78 is 0. The largest absolute Gasteiger partial charge is 0.387 e. The van der Waals surface area contributed by atoms with Gasteiger partial charge in [0.1, 0.15) is 0 Å². The SMILES string of the molecule is CCCCC[C@@H](O)C(=NC)c1ccccc1C. The van der Waals surface area contributed by atoms with Gasteiger partial charge in [-0.15, -0.1) is 0 Å². The summed E-state index contributed by atoms with van der Waals surface area (Å²) in [6, 6.07) is 8.09. The van der Waals surface area contributed by atoms with Gasteiger partial charge in [0.2, 0.25) is 0 Å². The summed E-state index contributed by atoms with van der Waals surface area (Å²) in [5.74, 6) is 0. The summed E-state index contributed by atoms with van der Waals surface area (Å²) in [7, 11) is 1.75. The van der Waals surface area contributed by atoms with Gasteiger partial charge in [0, 0.05) is 12.6 Å². The summed E-state index contributed by atoms with van der Waals surface area (Å²) in [6.45, 7) is 4.22. The van der Waals surface area contributed by atoms with Crippen molar-refractivity contribution in [2.75, 3.05) is 7.05 Å². The minimum absolute atomic E-state index is 0.437. The Hall–Kier alpha value is -1.15. The number of rotatable bonds is 6. The second-order valence-electron chi connectivity index (χ2n) is 4.44. The molecule has 0 aliphatic carbocycles. The van der Waals surface area contributed by atoms with E-state index in [9.17, 15) is 5.11 Å². The van der Waals surface area contributed by atoms with Crippen LogP contribution in [0, 0.1) is 6.92 Å². The fourth-order valence-corrected chi connectivity index (χ4v) is 2.03. The Labute approximate surface area is 104 Å². The first-order valence-corrected chi connectivity index (χ1v) is 6.41. The number of unbranched alkanes of at least 4 members (excludes halogenated alkanes) is 2. The van der Waals surface area contributed by atoms with E-state index in [0.29, 0.717) is 0 Å². The van der Waals surface area contributed by atoms with Gasteiger partial charge in [0.25, 0.3) is 0 Å². The molecule has 1 N–H and O–H groups in total. The lowest BCUT2D eigenvalue weighted by molar-refractivity contribution is 0.226. The highest BCUT2D eigenvalue weighted by molar-refractivity contribution is 6.04. The van der Waals surface area contributed by atoms with E-state index in [-0.39, 0.29) is 0 Å². The summed E-state index contributed by atoms with van der Waals surface area (Å²) in [4.78, 5) is 4.26. The minimum atomic E-state index is -0.437. The average molecular weight is 233 g/mol. The lowest BCUT2D eigenvalue weighted by atomic mass is 9.97. The molecular weight excluding hydrogens is 210 g/mol. The number of hydrogen-bond acceptors (Lipinski definition) is 2. The molecule has 1 aromatic rings. The molecule has 0 aromatic heterocycles. The summed E-state index contributed by atoms with van der Waals surface area (Å²) in [6.07, 6.45) is 3.77. The topological polar surface area (TPSA) is 32.6 Å². The molecule has 1 atom stereocenters. The molecule has 94 valence electrons. The first kappa shape index (κ1) is 13.9. The van der Waals surface area contributed by atoms with Gasteiger partial charge in [-0.05, 0) is 18.9 Å². The highest BCUT2D eigenvalue weighted by Gasteiger charge is 2.15. The van der Waals surface area contributed by atoms with Gasteiger partial charge in [0.05, 0.1) is 11.8 Å². The standard InChI is InChI=1S/C15H23NO/c1-4-5-6-11-14(17)15(16-3)13-10-8-7-9-12(13)2/h7-10,14,17H,4-6,11H2,1-3H3/t14-/m1/s1. The van der Waals surface area contributed by atoms with Crippen LogP contribution in [0.25, 0.3) is 0 Å². The quantitative estimate of drug-likeness (QED) is 0.593. The van der Waals surface area contributed by atoms with Crippen LogP contribution in [0.4, 0.5) is 0 Å². The van der Waals surface area contributed by atoms with Gasteiger partial charge < -0.3 is 5.11 Å². The predicted octanol–water partition coefficient (Wildman–Crippen LogP) is 3.36. The number of benzene rings is 1. The molecule has 1 rings (SSSR count). The van der Waals surface area contributed by atoms with E-state index in [1.165, 1.54) is 18.4 Å². The summed E-state index contributed by atoms with van der Waals surface area (Å²) in [5.41, 5.74) is 3.06. The molecule has 0 saturated carbocycles. The predicted molar refractivity (Wildman–Crippen MR) is 73.8 cm³/mol. The fourth-order valence-electron chi connectivity index (χ4n) is 2.03. The lowest BCUT2D eigenvalue weighted by Crippen LogP contribution is -2.22. The van der Waals surface area contributed by atoms with Crippen molar-refractivity contribution < 1.29 is 5.11 Å². The molecule has 0 unspecified atom stereocenters. The van der Waals surface area contributed by atoms with Crippen molar-refractivity contribution in [1.29, 1.82) is 0 Å². The Morgan fingerprint density at radius 3 is 2.59 bits per heavy atom. The molecule has 0 radical (unpaired) electrons. The number of aliphatic hydroxyl groups is 1. The number of nitrogens with zero attached hydrogens (tertiary/aromatic N) is 1. The van der Waals surface area contributed by atoms with Gasteiger partial charge in [-0.2, -0.15) is 0 Å². The number of aliphatic imine (C=N–C) groups is 1. The van der Waals surface area contributed by atoms with Crippen LogP contribution in [-0.2, 0) is 0 Å². The Morgan fingerprint density at radius 2 is 2.00 bits per heavy atom. The van der Waals surface area contributed by atoms with Crippen LogP contribution in [0.15, 0.2) is 29.3 Å². The Bertz CT molecular complexity index is 371. The van der Waals surface area contributed by atoms with Gasteiger partial charge in [-0.1, -0.05) is 50.5 Å². The van der Waals surface area contributed by atoms with Crippen molar-refractivity contribution in [2.24, 2.45) is 4.99 Å². The molecule has 0 saturated heterocycles. The van der Waals surface area contributed by atoms with Crippen molar-refractivity contribution in [1.82, 2.24) is 0 Å². The first-order valence-electron chi connectivity index (χ1n) is 6.41. The molecule has 0 heterocycles. The molecule has 2 nitrogen and oxygen atoms in total. The van der Waals surface area contributed by atoms with E-state index in [0.717, 1.165) is 24.1 Å². The fraction of sp³-hybridized carbons (Fsp3) is 0.533. The normalized spacial score (nSPS) is 13.8. The molecule has 0 aliphatic rings. The Morgan fingerprint density at radius 1 is 1.29 bits per heavy atom. The van der Waals surface area contributed by atoms with Crippen molar-refractivity contribution >= 4 is 5.71 Å². The van der Waals surface area contributed by atoms with Crippen LogP contribution in [0.2, 0.25) is 0 Å². The van der Waals surface area contributed by atoms with Crippen molar-refractivity contribution in [3.8, 4) is 0 Å². The van der Waals surface area contributed by atoms with Crippen LogP contribution in [0.1, 0.15) is 43.7 Å². The maximum absolute atomic E-state index is 10.2. The maximum atomic E-state index is 10.2. The Kier molecular flexibility index (Phi) is 5.92. The first-order chi connectivity index (χ1) is 8.20. The highest BCUT2D eigenvalue weighted by atomic mass is 16.3. The zero-order chi connectivity index (χ0) is 12.7. The van der Waals surface area contributed by atoms with E-state index >= 15 is 0 Å². The number of hydrogen-bond donors (Lipinski definition) is 1. The minimum Gasteiger partial charge on any atom is -0.387 e. The summed E-state index contributed by atoms with van der Waals surface area (Å²) in [5, 5.41) is 10.2. The maximum Gasteiger partial charge on any atom is 0.0961 e. The highest BCUT2D eigenvalue weighted by Crippen LogP contribution is 2.14. The molecule has 0 fully saturated rings. The third-order valence-corrected chi connectivity index (χ3v) is 3.06.